The fourth-order valence-electron chi connectivity index (χ4n) is 2.59. The van der Waals surface area contributed by atoms with Gasteiger partial charge in [0.2, 0.25) is 5.91 Å². The lowest BCUT2D eigenvalue weighted by atomic mass is 9.85. The fourth-order valence-corrected chi connectivity index (χ4v) is 2.59. The van der Waals surface area contributed by atoms with E-state index in [1.807, 2.05) is 0 Å². The summed E-state index contributed by atoms with van der Waals surface area (Å²) >= 11 is 0. The largest absolute Gasteiger partial charge is 0.370 e. The van der Waals surface area contributed by atoms with Crippen molar-refractivity contribution in [3.8, 4) is 0 Å². The van der Waals surface area contributed by atoms with Gasteiger partial charge in [-0.2, -0.15) is 0 Å². The van der Waals surface area contributed by atoms with Gasteiger partial charge in [-0.15, -0.1) is 0 Å². The van der Waals surface area contributed by atoms with E-state index >= 15 is 0 Å². The van der Waals surface area contributed by atoms with Crippen LogP contribution in [0.1, 0.15) is 32.8 Å². The highest BCUT2D eigenvalue weighted by molar-refractivity contribution is 5.78. The summed E-state index contributed by atoms with van der Waals surface area (Å²) in [6.45, 7) is 8.32. The molecule has 3 nitrogen and oxygen atoms in total. The van der Waals surface area contributed by atoms with E-state index in [1.165, 1.54) is 11.3 Å². The van der Waals surface area contributed by atoms with Crippen LogP contribution in [0.3, 0.4) is 0 Å². The Morgan fingerprint density at radius 2 is 2.00 bits per heavy atom. The number of rotatable bonds is 2. The van der Waals surface area contributed by atoms with Crippen molar-refractivity contribution in [1.29, 1.82) is 0 Å². The highest BCUT2D eigenvalue weighted by Gasteiger charge is 2.29. The van der Waals surface area contributed by atoms with Crippen LogP contribution in [0.25, 0.3) is 0 Å². The quantitative estimate of drug-likeness (QED) is 0.870. The minimum atomic E-state index is -0.175. The molecule has 0 spiro atoms. The number of anilines is 1. The molecule has 1 heterocycles. The minimum absolute atomic E-state index is 0.00183. The number of primary amides is 1. The van der Waals surface area contributed by atoms with Crippen LogP contribution >= 0.6 is 0 Å². The molecule has 0 saturated carbocycles. The average Bonchev–Trinajstić information content (AvgIpc) is 2.77. The zero-order chi connectivity index (χ0) is 13.3. The van der Waals surface area contributed by atoms with Crippen molar-refractivity contribution in [2.45, 2.75) is 32.6 Å². The van der Waals surface area contributed by atoms with Gasteiger partial charge in [0.15, 0.2) is 0 Å². The minimum Gasteiger partial charge on any atom is -0.370 e. The summed E-state index contributed by atoms with van der Waals surface area (Å²) in [7, 11) is 0. The van der Waals surface area contributed by atoms with E-state index < -0.39 is 0 Å². The van der Waals surface area contributed by atoms with E-state index in [9.17, 15) is 4.79 Å². The van der Waals surface area contributed by atoms with Gasteiger partial charge in [-0.3, -0.25) is 4.79 Å². The third-order valence-corrected chi connectivity index (χ3v) is 3.64. The summed E-state index contributed by atoms with van der Waals surface area (Å²) in [5, 5.41) is 0. The molecule has 0 bridgehead atoms. The maximum Gasteiger partial charge on any atom is 0.222 e. The van der Waals surface area contributed by atoms with Crippen molar-refractivity contribution >= 4 is 11.6 Å². The Morgan fingerprint density at radius 1 is 1.33 bits per heavy atom. The highest BCUT2D eigenvalue weighted by Crippen LogP contribution is 2.34. The molecule has 98 valence electrons. The summed E-state index contributed by atoms with van der Waals surface area (Å²) in [4.78, 5) is 13.5. The van der Waals surface area contributed by atoms with Gasteiger partial charge in [0.1, 0.15) is 0 Å². The third-order valence-electron chi connectivity index (χ3n) is 3.64. The first-order valence-corrected chi connectivity index (χ1v) is 6.53. The van der Waals surface area contributed by atoms with E-state index in [-0.39, 0.29) is 17.2 Å². The van der Waals surface area contributed by atoms with E-state index in [2.05, 4.69) is 49.9 Å². The monoisotopic (exact) mass is 246 g/mol. The Kier molecular flexibility index (Phi) is 3.33. The molecule has 1 unspecified atom stereocenters. The number of carbonyl (C=O) groups is 1. The van der Waals surface area contributed by atoms with Gasteiger partial charge in [0.25, 0.3) is 0 Å². The first-order valence-electron chi connectivity index (χ1n) is 6.53. The van der Waals surface area contributed by atoms with Gasteiger partial charge in [-0.05, 0) is 23.5 Å². The Morgan fingerprint density at radius 3 is 2.56 bits per heavy atom. The summed E-state index contributed by atoms with van der Waals surface area (Å²) in [6, 6.07) is 8.45. The molecular weight excluding hydrogens is 224 g/mol. The number of nitrogens with two attached hydrogens (primary N) is 1. The van der Waals surface area contributed by atoms with Gasteiger partial charge >= 0.3 is 0 Å². The molecule has 0 aromatic heterocycles. The zero-order valence-electron chi connectivity index (χ0n) is 11.4. The zero-order valence-corrected chi connectivity index (χ0v) is 11.4. The number of para-hydroxylation sites is 1. The topological polar surface area (TPSA) is 46.3 Å². The number of nitrogens with zero attached hydrogens (tertiary/aromatic N) is 1. The SMILES string of the molecule is CC(C)(C)c1ccccc1N1CCC(C(N)=O)C1. The fraction of sp³-hybridized carbons (Fsp3) is 0.533. The van der Waals surface area contributed by atoms with Gasteiger partial charge in [-0.1, -0.05) is 39.0 Å². The molecule has 1 aliphatic rings. The Balaban J connectivity index is 2.27. The second-order valence-electron chi connectivity index (χ2n) is 6.10. The van der Waals surface area contributed by atoms with Crippen LogP contribution in [-0.4, -0.2) is 19.0 Å². The maximum atomic E-state index is 11.3. The van der Waals surface area contributed by atoms with E-state index in [4.69, 9.17) is 5.73 Å². The molecule has 0 aliphatic carbocycles. The molecule has 0 radical (unpaired) electrons. The van der Waals surface area contributed by atoms with E-state index in [1.54, 1.807) is 0 Å². The predicted octanol–water partition coefficient (Wildman–Crippen LogP) is 2.30. The Labute approximate surface area is 109 Å². The van der Waals surface area contributed by atoms with Gasteiger partial charge in [0, 0.05) is 18.8 Å². The predicted molar refractivity (Wildman–Crippen MR) is 74.7 cm³/mol. The molecule has 1 aromatic rings. The van der Waals surface area contributed by atoms with Crippen LogP contribution in [0.15, 0.2) is 24.3 Å². The van der Waals surface area contributed by atoms with Crippen LogP contribution in [0.2, 0.25) is 0 Å². The van der Waals surface area contributed by atoms with Crippen LogP contribution in [-0.2, 0) is 10.2 Å². The molecule has 1 saturated heterocycles. The van der Waals surface area contributed by atoms with Crippen LogP contribution in [0, 0.1) is 5.92 Å². The first-order chi connectivity index (χ1) is 8.39. The Bertz CT molecular complexity index is 448. The summed E-state index contributed by atoms with van der Waals surface area (Å²) in [6.07, 6.45) is 0.869. The van der Waals surface area contributed by atoms with Crippen molar-refractivity contribution in [1.82, 2.24) is 0 Å². The lowest BCUT2D eigenvalue weighted by Gasteiger charge is -2.28. The standard InChI is InChI=1S/C15H22N2O/c1-15(2,3)12-6-4-5-7-13(12)17-9-8-11(10-17)14(16)18/h4-7,11H,8-10H2,1-3H3,(H2,16,18). The first kappa shape index (κ1) is 12.9. The number of benzene rings is 1. The van der Waals surface area contributed by atoms with Crippen LogP contribution in [0.5, 0.6) is 0 Å². The second-order valence-corrected chi connectivity index (χ2v) is 6.10. The normalized spacial score (nSPS) is 20.2. The lowest BCUT2D eigenvalue weighted by Crippen LogP contribution is -2.28. The van der Waals surface area contributed by atoms with Crippen molar-refractivity contribution in [2.24, 2.45) is 11.7 Å². The average molecular weight is 246 g/mol. The number of hydrogen-bond acceptors (Lipinski definition) is 2. The lowest BCUT2D eigenvalue weighted by molar-refractivity contribution is -0.121. The molecule has 1 amide bonds. The van der Waals surface area contributed by atoms with Crippen molar-refractivity contribution < 1.29 is 4.79 Å². The van der Waals surface area contributed by atoms with Crippen molar-refractivity contribution in [2.75, 3.05) is 18.0 Å². The third kappa shape index (κ3) is 2.50. The van der Waals surface area contributed by atoms with Crippen LogP contribution < -0.4 is 10.6 Å². The van der Waals surface area contributed by atoms with Crippen molar-refractivity contribution in [3.05, 3.63) is 29.8 Å². The molecule has 1 atom stereocenters. The van der Waals surface area contributed by atoms with E-state index in [0.29, 0.717) is 0 Å². The number of carbonyl (C=O) groups excluding carboxylic acids is 1. The number of hydrogen-bond donors (Lipinski definition) is 1. The molecule has 1 fully saturated rings. The van der Waals surface area contributed by atoms with Gasteiger partial charge in [-0.25, -0.2) is 0 Å². The molecule has 1 aliphatic heterocycles. The maximum absolute atomic E-state index is 11.3. The summed E-state index contributed by atoms with van der Waals surface area (Å²) in [5.74, 6) is -0.177. The van der Waals surface area contributed by atoms with Gasteiger partial charge in [0.05, 0.1) is 5.92 Å². The molecule has 1 aromatic carbocycles. The van der Waals surface area contributed by atoms with Crippen LogP contribution in [0.4, 0.5) is 5.69 Å². The van der Waals surface area contributed by atoms with Gasteiger partial charge < -0.3 is 10.6 Å². The van der Waals surface area contributed by atoms with E-state index in [0.717, 1.165) is 19.5 Å². The second kappa shape index (κ2) is 4.63. The molecule has 2 N–H and O–H groups in total. The Hall–Kier alpha value is -1.51. The molecule has 18 heavy (non-hydrogen) atoms. The molecule has 3 heteroatoms. The summed E-state index contributed by atoms with van der Waals surface area (Å²) in [5.41, 5.74) is 8.08. The highest BCUT2D eigenvalue weighted by atomic mass is 16.1. The smallest absolute Gasteiger partial charge is 0.222 e. The summed E-state index contributed by atoms with van der Waals surface area (Å²) < 4.78 is 0. The number of amides is 1. The molecular formula is C15H22N2O. The molecule has 2 rings (SSSR count). The van der Waals surface area contributed by atoms with Crippen molar-refractivity contribution in [3.63, 3.8) is 0 Å².